The normalized spacial score (nSPS) is 28.7. The van der Waals surface area contributed by atoms with E-state index >= 15 is 0 Å². The summed E-state index contributed by atoms with van der Waals surface area (Å²) in [6, 6.07) is 9.06. The fourth-order valence-electron chi connectivity index (χ4n) is 4.15. The molecule has 116 valence electrons. The van der Waals surface area contributed by atoms with Crippen LogP contribution in [0, 0.1) is 11.8 Å². The van der Waals surface area contributed by atoms with Crippen molar-refractivity contribution in [1.29, 1.82) is 0 Å². The zero-order valence-electron chi connectivity index (χ0n) is 13.3. The minimum Gasteiger partial charge on any atom is -0.491 e. The van der Waals surface area contributed by atoms with Crippen LogP contribution in [0.2, 0.25) is 0 Å². The molecule has 3 unspecified atom stereocenters. The fraction of sp³-hybridized carbons (Fsp3) is 0.684. The Bertz CT molecular complexity index is 445. The molecule has 2 nitrogen and oxygen atoms in total. The first-order valence-corrected chi connectivity index (χ1v) is 8.85. The van der Waals surface area contributed by atoms with Crippen LogP contribution in [0.4, 0.5) is 5.69 Å². The van der Waals surface area contributed by atoms with Gasteiger partial charge in [0.05, 0.1) is 12.3 Å². The number of hydrogen-bond donors (Lipinski definition) is 1. The van der Waals surface area contributed by atoms with E-state index in [1.165, 1.54) is 50.6 Å². The molecule has 3 rings (SSSR count). The predicted molar refractivity (Wildman–Crippen MR) is 88.9 cm³/mol. The highest BCUT2D eigenvalue weighted by Crippen LogP contribution is 2.41. The molecule has 21 heavy (non-hydrogen) atoms. The molecule has 0 radical (unpaired) electrons. The van der Waals surface area contributed by atoms with Crippen molar-refractivity contribution in [3.05, 3.63) is 24.3 Å². The van der Waals surface area contributed by atoms with Crippen molar-refractivity contribution in [3.8, 4) is 5.75 Å². The first-order chi connectivity index (χ1) is 10.4. The number of fused-ring (bicyclic) bond motifs is 1. The number of rotatable bonds is 5. The summed E-state index contributed by atoms with van der Waals surface area (Å²) in [7, 11) is 0. The molecule has 2 aliphatic rings. The van der Waals surface area contributed by atoms with Crippen molar-refractivity contribution in [2.24, 2.45) is 11.8 Å². The second kappa shape index (κ2) is 7.20. The molecule has 2 saturated carbocycles. The van der Waals surface area contributed by atoms with Crippen LogP contribution in [0.1, 0.15) is 58.3 Å². The molecule has 3 atom stereocenters. The summed E-state index contributed by atoms with van der Waals surface area (Å²) in [4.78, 5) is 0. The zero-order chi connectivity index (χ0) is 14.5. The summed E-state index contributed by atoms with van der Waals surface area (Å²) in [6.45, 7) is 2.95. The quantitative estimate of drug-likeness (QED) is 0.799. The lowest BCUT2D eigenvalue weighted by Crippen LogP contribution is -2.34. The molecular formula is C19H29NO. The Morgan fingerprint density at radius 2 is 1.86 bits per heavy atom. The Hall–Kier alpha value is -1.18. The maximum atomic E-state index is 5.87. The van der Waals surface area contributed by atoms with Crippen LogP contribution in [-0.4, -0.2) is 12.6 Å². The molecule has 2 fully saturated rings. The minimum absolute atomic E-state index is 0.635. The van der Waals surface area contributed by atoms with Gasteiger partial charge in [0.25, 0.3) is 0 Å². The van der Waals surface area contributed by atoms with Gasteiger partial charge in [0, 0.05) is 6.04 Å². The van der Waals surface area contributed by atoms with E-state index in [4.69, 9.17) is 4.74 Å². The minimum atomic E-state index is 0.635. The molecule has 0 heterocycles. The molecule has 0 bridgehead atoms. The highest BCUT2D eigenvalue weighted by atomic mass is 16.5. The van der Waals surface area contributed by atoms with Gasteiger partial charge in [-0.2, -0.15) is 0 Å². The fourth-order valence-corrected chi connectivity index (χ4v) is 4.15. The summed E-state index contributed by atoms with van der Waals surface area (Å²) >= 11 is 0. The SMILES string of the molecule is CCCOc1ccccc1NC1CCC2CCCCC2C1. The van der Waals surface area contributed by atoms with Crippen molar-refractivity contribution < 1.29 is 4.74 Å². The van der Waals surface area contributed by atoms with Crippen LogP contribution in [0.5, 0.6) is 5.75 Å². The summed E-state index contributed by atoms with van der Waals surface area (Å²) in [5.41, 5.74) is 1.19. The summed E-state index contributed by atoms with van der Waals surface area (Å²) in [5, 5.41) is 3.77. The summed E-state index contributed by atoms with van der Waals surface area (Å²) < 4.78 is 5.87. The molecule has 2 heteroatoms. The van der Waals surface area contributed by atoms with Gasteiger partial charge in [-0.3, -0.25) is 0 Å². The zero-order valence-corrected chi connectivity index (χ0v) is 13.3. The van der Waals surface area contributed by atoms with Crippen molar-refractivity contribution in [1.82, 2.24) is 0 Å². The number of nitrogens with one attached hydrogen (secondary N) is 1. The monoisotopic (exact) mass is 287 g/mol. The highest BCUT2D eigenvalue weighted by molar-refractivity contribution is 5.56. The standard InChI is InChI=1S/C19H29NO/c1-2-13-21-19-10-6-5-9-18(19)20-17-12-11-15-7-3-4-8-16(15)14-17/h5-6,9-10,15-17,20H,2-4,7-8,11-14H2,1H3. The second-order valence-corrected chi connectivity index (χ2v) is 6.80. The lowest BCUT2D eigenvalue weighted by atomic mass is 9.69. The third-order valence-corrected chi connectivity index (χ3v) is 5.25. The van der Waals surface area contributed by atoms with Gasteiger partial charge in [-0.1, -0.05) is 44.7 Å². The molecule has 1 N–H and O–H groups in total. The van der Waals surface area contributed by atoms with Crippen molar-refractivity contribution >= 4 is 5.69 Å². The maximum absolute atomic E-state index is 5.87. The molecule has 2 aliphatic carbocycles. The number of anilines is 1. The number of ether oxygens (including phenoxy) is 1. The van der Waals surface area contributed by atoms with Gasteiger partial charge in [0.1, 0.15) is 5.75 Å². The Morgan fingerprint density at radius 3 is 2.71 bits per heavy atom. The lowest BCUT2D eigenvalue weighted by Gasteiger charge is -2.40. The summed E-state index contributed by atoms with van der Waals surface area (Å²) in [5.74, 6) is 3.00. The molecule has 0 aliphatic heterocycles. The summed E-state index contributed by atoms with van der Waals surface area (Å²) in [6.07, 6.45) is 11.0. The van der Waals surface area contributed by atoms with E-state index in [0.29, 0.717) is 6.04 Å². The van der Waals surface area contributed by atoms with Crippen LogP contribution in [0.15, 0.2) is 24.3 Å². The number of hydrogen-bond acceptors (Lipinski definition) is 2. The number of benzene rings is 1. The largest absolute Gasteiger partial charge is 0.491 e. The Labute approximate surface area is 129 Å². The first-order valence-electron chi connectivity index (χ1n) is 8.85. The van der Waals surface area contributed by atoms with Gasteiger partial charge >= 0.3 is 0 Å². The van der Waals surface area contributed by atoms with E-state index in [9.17, 15) is 0 Å². The van der Waals surface area contributed by atoms with E-state index in [1.54, 1.807) is 0 Å². The van der Waals surface area contributed by atoms with Gasteiger partial charge in [-0.25, -0.2) is 0 Å². The van der Waals surface area contributed by atoms with Gasteiger partial charge in [-0.15, -0.1) is 0 Å². The molecule has 0 spiro atoms. The predicted octanol–water partition coefficient (Wildman–Crippen LogP) is 5.25. The van der Waals surface area contributed by atoms with Gasteiger partial charge in [0.15, 0.2) is 0 Å². The lowest BCUT2D eigenvalue weighted by molar-refractivity contribution is 0.162. The Kier molecular flexibility index (Phi) is 5.05. The van der Waals surface area contributed by atoms with E-state index in [-0.39, 0.29) is 0 Å². The highest BCUT2D eigenvalue weighted by Gasteiger charge is 2.32. The van der Waals surface area contributed by atoms with Crippen LogP contribution < -0.4 is 10.1 Å². The van der Waals surface area contributed by atoms with Crippen LogP contribution in [0.3, 0.4) is 0 Å². The molecule has 1 aromatic rings. The molecule has 1 aromatic carbocycles. The average Bonchev–Trinajstić information content (AvgIpc) is 2.54. The third kappa shape index (κ3) is 3.72. The van der Waals surface area contributed by atoms with Crippen LogP contribution >= 0.6 is 0 Å². The van der Waals surface area contributed by atoms with Gasteiger partial charge in [0.2, 0.25) is 0 Å². The Balaban J connectivity index is 1.61. The molecular weight excluding hydrogens is 258 g/mol. The topological polar surface area (TPSA) is 21.3 Å². The molecule has 0 saturated heterocycles. The molecule has 0 amide bonds. The van der Waals surface area contributed by atoms with E-state index in [2.05, 4.69) is 36.5 Å². The average molecular weight is 287 g/mol. The van der Waals surface area contributed by atoms with Crippen LogP contribution in [-0.2, 0) is 0 Å². The first kappa shape index (κ1) is 14.7. The third-order valence-electron chi connectivity index (χ3n) is 5.25. The maximum Gasteiger partial charge on any atom is 0.142 e. The number of para-hydroxylation sites is 2. The van der Waals surface area contributed by atoms with Gasteiger partial charge < -0.3 is 10.1 Å². The van der Waals surface area contributed by atoms with Crippen LogP contribution in [0.25, 0.3) is 0 Å². The van der Waals surface area contributed by atoms with Crippen molar-refractivity contribution in [3.63, 3.8) is 0 Å². The van der Waals surface area contributed by atoms with Crippen molar-refractivity contribution in [2.45, 2.75) is 64.3 Å². The molecule has 0 aromatic heterocycles. The van der Waals surface area contributed by atoms with E-state index in [1.807, 2.05) is 0 Å². The Morgan fingerprint density at radius 1 is 1.05 bits per heavy atom. The van der Waals surface area contributed by atoms with Gasteiger partial charge in [-0.05, 0) is 49.7 Å². The second-order valence-electron chi connectivity index (χ2n) is 6.80. The van der Waals surface area contributed by atoms with E-state index < -0.39 is 0 Å². The smallest absolute Gasteiger partial charge is 0.142 e. The van der Waals surface area contributed by atoms with Crippen molar-refractivity contribution in [2.75, 3.05) is 11.9 Å². The van der Waals surface area contributed by atoms with E-state index in [0.717, 1.165) is 30.6 Å².